The maximum atomic E-state index is 13.6. The summed E-state index contributed by atoms with van der Waals surface area (Å²) in [6.45, 7) is 0. The van der Waals surface area contributed by atoms with Gasteiger partial charge in [-0.05, 0) is 79.9 Å². The van der Waals surface area contributed by atoms with Gasteiger partial charge in [0, 0.05) is 23.6 Å². The first-order chi connectivity index (χ1) is 16.6. The molecule has 2 aromatic rings. The highest BCUT2D eigenvalue weighted by Crippen LogP contribution is 2.38. The van der Waals surface area contributed by atoms with E-state index in [2.05, 4.69) is 0 Å². The highest BCUT2D eigenvalue weighted by atomic mass is 32.2. The smallest absolute Gasteiger partial charge is 0.335 e. The number of benzene rings is 1. The number of aliphatic imine (C=N–C) groups is 1. The first-order valence-corrected chi connectivity index (χ1v) is 13.2. The third-order valence-corrected chi connectivity index (χ3v) is 8.09. The number of hydrogen-bond donors (Lipinski definition) is 1. The van der Waals surface area contributed by atoms with Crippen LogP contribution in [0, 0.1) is 0 Å². The Labute approximate surface area is 204 Å². The summed E-state index contributed by atoms with van der Waals surface area (Å²) >= 11 is 1.52. The van der Waals surface area contributed by atoms with Crippen molar-refractivity contribution in [2.75, 3.05) is 0 Å². The lowest BCUT2D eigenvalue weighted by Gasteiger charge is -2.31. The van der Waals surface area contributed by atoms with Crippen molar-refractivity contribution in [3.63, 3.8) is 0 Å². The summed E-state index contributed by atoms with van der Waals surface area (Å²) in [5, 5.41) is 10.1. The molecule has 0 unspecified atom stereocenters. The van der Waals surface area contributed by atoms with E-state index in [1.54, 1.807) is 24.3 Å². The number of carbonyl (C=O) groups is 2. The summed E-state index contributed by atoms with van der Waals surface area (Å²) in [6.07, 6.45) is 15.5. The highest BCUT2D eigenvalue weighted by Gasteiger charge is 2.39. The molecule has 34 heavy (non-hydrogen) atoms. The molecule has 0 atom stereocenters. The van der Waals surface area contributed by atoms with E-state index in [1.807, 2.05) is 33.9 Å². The van der Waals surface area contributed by atoms with E-state index in [-0.39, 0.29) is 17.5 Å². The third-order valence-electron chi connectivity index (χ3n) is 7.10. The van der Waals surface area contributed by atoms with E-state index in [0.29, 0.717) is 10.9 Å². The predicted molar refractivity (Wildman–Crippen MR) is 136 cm³/mol. The number of thioether (sulfide) groups is 1. The largest absolute Gasteiger partial charge is 0.478 e. The highest BCUT2D eigenvalue weighted by molar-refractivity contribution is 8.18. The predicted octanol–water partition coefficient (Wildman–Crippen LogP) is 6.11. The van der Waals surface area contributed by atoms with Gasteiger partial charge in [-0.15, -0.1) is 0 Å². The minimum atomic E-state index is -0.943. The third kappa shape index (κ3) is 4.85. The van der Waals surface area contributed by atoms with Crippen LogP contribution in [0.3, 0.4) is 0 Å². The molecule has 2 heterocycles. The van der Waals surface area contributed by atoms with Gasteiger partial charge in [0.05, 0.1) is 16.5 Å². The lowest BCUT2D eigenvalue weighted by molar-refractivity contribution is -0.124. The maximum absolute atomic E-state index is 13.6. The fourth-order valence-electron chi connectivity index (χ4n) is 5.25. The van der Waals surface area contributed by atoms with Crippen molar-refractivity contribution in [3.8, 4) is 5.69 Å². The van der Waals surface area contributed by atoms with Crippen molar-refractivity contribution in [2.24, 2.45) is 4.99 Å². The number of nitrogens with zero attached hydrogens (tertiary/aromatic N) is 3. The van der Waals surface area contributed by atoms with Crippen molar-refractivity contribution >= 4 is 34.9 Å². The van der Waals surface area contributed by atoms with Gasteiger partial charge in [-0.3, -0.25) is 14.7 Å². The molecule has 7 heteroatoms. The topological polar surface area (TPSA) is 74.9 Å². The molecule has 1 aromatic carbocycles. The maximum Gasteiger partial charge on any atom is 0.335 e. The first-order valence-electron chi connectivity index (χ1n) is 12.4. The Bertz CT molecular complexity index is 1110. The zero-order chi connectivity index (χ0) is 23.5. The van der Waals surface area contributed by atoms with E-state index < -0.39 is 5.97 Å². The van der Waals surface area contributed by atoms with Crippen LogP contribution < -0.4 is 0 Å². The monoisotopic (exact) mass is 477 g/mol. The summed E-state index contributed by atoms with van der Waals surface area (Å²) in [5.74, 6) is -0.873. The van der Waals surface area contributed by atoms with Gasteiger partial charge in [0.2, 0.25) is 0 Å². The molecule has 1 N–H and O–H groups in total. The molecule has 178 valence electrons. The lowest BCUT2D eigenvalue weighted by Crippen LogP contribution is -2.41. The Hall–Kier alpha value is -2.80. The van der Waals surface area contributed by atoms with Crippen molar-refractivity contribution < 1.29 is 14.7 Å². The van der Waals surface area contributed by atoms with Crippen LogP contribution in [0.15, 0.2) is 52.5 Å². The quantitative estimate of drug-likeness (QED) is 0.527. The van der Waals surface area contributed by atoms with Gasteiger partial charge in [0.15, 0.2) is 5.17 Å². The zero-order valence-corrected chi connectivity index (χ0v) is 20.2. The van der Waals surface area contributed by atoms with Gasteiger partial charge in [-0.2, -0.15) is 0 Å². The molecule has 5 rings (SSSR count). The van der Waals surface area contributed by atoms with E-state index in [4.69, 9.17) is 4.99 Å². The van der Waals surface area contributed by atoms with Gasteiger partial charge in [-0.1, -0.05) is 38.5 Å². The molecule has 1 amide bonds. The minimum absolute atomic E-state index is 0.0698. The fourth-order valence-corrected chi connectivity index (χ4v) is 6.34. The number of carboxylic acid groups (broad SMARTS) is 1. The molecule has 1 aliphatic heterocycles. The van der Waals surface area contributed by atoms with Gasteiger partial charge in [0.1, 0.15) is 0 Å². The molecule has 2 aliphatic carbocycles. The summed E-state index contributed by atoms with van der Waals surface area (Å²) in [4.78, 5) is 32.6. The molecule has 0 radical (unpaired) electrons. The number of aromatic carboxylic acids is 1. The molecule has 1 saturated heterocycles. The van der Waals surface area contributed by atoms with Crippen LogP contribution in [0.4, 0.5) is 0 Å². The number of carboxylic acids is 1. The Balaban J connectivity index is 1.45. The summed E-state index contributed by atoms with van der Waals surface area (Å²) in [7, 11) is 0. The Morgan fingerprint density at radius 2 is 1.65 bits per heavy atom. The van der Waals surface area contributed by atoms with E-state index >= 15 is 0 Å². The summed E-state index contributed by atoms with van der Waals surface area (Å²) in [5.41, 5.74) is 2.00. The van der Waals surface area contributed by atoms with E-state index in [9.17, 15) is 14.7 Å². The van der Waals surface area contributed by atoms with Crippen molar-refractivity contribution in [1.29, 1.82) is 0 Å². The van der Waals surface area contributed by atoms with Gasteiger partial charge in [0.25, 0.3) is 5.91 Å². The molecule has 0 spiro atoms. The van der Waals surface area contributed by atoms with Crippen LogP contribution in [0.5, 0.6) is 0 Å². The first kappa shape index (κ1) is 23.0. The standard InChI is InChI=1S/C27H31N3O3S/c31-25-24(18-23-12-7-17-29(23)21-15-13-19(14-16-21)26(32)33)34-27(28-20-8-3-1-4-9-20)30(25)22-10-5-2-6-11-22/h7,12-18,20,22H,1-6,8-11H2,(H,32,33)/b24-18-,28-27?. The molecule has 6 nitrogen and oxygen atoms in total. The molecule has 3 aliphatic rings. The second kappa shape index (κ2) is 10.2. The Kier molecular flexibility index (Phi) is 6.90. The number of hydrogen-bond acceptors (Lipinski definition) is 4. The zero-order valence-electron chi connectivity index (χ0n) is 19.4. The van der Waals surface area contributed by atoms with Crippen LogP contribution >= 0.6 is 11.8 Å². The minimum Gasteiger partial charge on any atom is -0.478 e. The van der Waals surface area contributed by atoms with Crippen LogP contribution in [0.2, 0.25) is 0 Å². The van der Waals surface area contributed by atoms with Crippen molar-refractivity contribution in [3.05, 3.63) is 58.8 Å². The summed E-state index contributed by atoms with van der Waals surface area (Å²) < 4.78 is 1.98. The molecule has 2 saturated carbocycles. The fraction of sp³-hybridized carbons (Fsp3) is 0.444. The summed E-state index contributed by atoms with van der Waals surface area (Å²) in [6, 6.07) is 11.3. The number of amidine groups is 1. The number of rotatable bonds is 5. The average Bonchev–Trinajstić information content (AvgIpc) is 3.45. The lowest BCUT2D eigenvalue weighted by atomic mass is 9.94. The normalized spacial score (nSPS) is 22.7. The average molecular weight is 478 g/mol. The molecule has 1 aromatic heterocycles. The number of carbonyl (C=O) groups excluding carboxylic acids is 1. The number of aromatic nitrogens is 1. The van der Waals surface area contributed by atoms with Gasteiger partial charge < -0.3 is 9.67 Å². The second-order valence-electron chi connectivity index (χ2n) is 9.44. The number of amides is 1. The Morgan fingerprint density at radius 3 is 2.32 bits per heavy atom. The van der Waals surface area contributed by atoms with Crippen LogP contribution in [-0.2, 0) is 4.79 Å². The molecular formula is C27H31N3O3S. The van der Waals surface area contributed by atoms with Crippen LogP contribution in [0.25, 0.3) is 11.8 Å². The van der Waals surface area contributed by atoms with Gasteiger partial charge >= 0.3 is 5.97 Å². The SMILES string of the molecule is O=C(O)c1ccc(-n2cccc2/C=C2\SC(=NC3CCCCC3)N(C3CCCCC3)C2=O)cc1. The van der Waals surface area contributed by atoms with Gasteiger partial charge in [-0.25, -0.2) is 4.79 Å². The van der Waals surface area contributed by atoms with Crippen molar-refractivity contribution in [2.45, 2.75) is 76.3 Å². The van der Waals surface area contributed by atoms with Crippen LogP contribution in [0.1, 0.15) is 80.3 Å². The molecule has 3 fully saturated rings. The Morgan fingerprint density at radius 1 is 0.971 bits per heavy atom. The second-order valence-corrected chi connectivity index (χ2v) is 10.4. The van der Waals surface area contributed by atoms with E-state index in [0.717, 1.165) is 42.2 Å². The van der Waals surface area contributed by atoms with E-state index in [1.165, 1.54) is 50.3 Å². The van der Waals surface area contributed by atoms with Crippen molar-refractivity contribution in [1.82, 2.24) is 9.47 Å². The molecular weight excluding hydrogens is 446 g/mol. The molecule has 0 bridgehead atoms. The van der Waals surface area contributed by atoms with Crippen LogP contribution in [-0.4, -0.2) is 43.7 Å².